The first-order valence-corrected chi connectivity index (χ1v) is 9.42. The number of carbonyl (C=O) groups is 1. The number of nitriles is 1. The summed E-state index contributed by atoms with van der Waals surface area (Å²) in [7, 11) is 0. The number of hydrogen-bond acceptors (Lipinski definition) is 2. The Morgan fingerprint density at radius 3 is 2.64 bits per heavy atom. The van der Waals surface area contributed by atoms with Gasteiger partial charge in [-0.3, -0.25) is 4.79 Å². The summed E-state index contributed by atoms with van der Waals surface area (Å²) < 4.78 is 0. The van der Waals surface area contributed by atoms with Gasteiger partial charge in [-0.2, -0.15) is 5.26 Å². The van der Waals surface area contributed by atoms with Gasteiger partial charge in [-0.25, -0.2) is 0 Å². The SMILES string of the molecule is C[C@]12CC[C@H](C#N)C[C@@H]1CC[C@@H]1[C@@H]2CC[C@]2(C)C(=O)CC[C@@H]12. The van der Waals surface area contributed by atoms with E-state index in [9.17, 15) is 10.1 Å². The third kappa shape index (κ3) is 1.81. The Morgan fingerprint density at radius 2 is 1.86 bits per heavy atom. The highest BCUT2D eigenvalue weighted by Crippen LogP contribution is 2.65. The molecule has 0 N–H and O–H groups in total. The van der Waals surface area contributed by atoms with Crippen LogP contribution < -0.4 is 0 Å². The van der Waals surface area contributed by atoms with Crippen LogP contribution in [0.4, 0.5) is 0 Å². The fourth-order valence-corrected chi connectivity index (χ4v) is 7.15. The van der Waals surface area contributed by atoms with Crippen molar-refractivity contribution in [3.63, 3.8) is 0 Å². The summed E-state index contributed by atoms with van der Waals surface area (Å²) >= 11 is 0. The highest BCUT2D eigenvalue weighted by atomic mass is 16.1. The lowest BCUT2D eigenvalue weighted by molar-refractivity contribution is -0.139. The first kappa shape index (κ1) is 14.7. The monoisotopic (exact) mass is 299 g/mol. The highest BCUT2D eigenvalue weighted by molar-refractivity contribution is 5.87. The van der Waals surface area contributed by atoms with Crippen molar-refractivity contribution in [2.24, 2.45) is 40.4 Å². The molecular weight excluding hydrogens is 270 g/mol. The van der Waals surface area contributed by atoms with Crippen LogP contribution in [0.1, 0.15) is 71.6 Å². The zero-order valence-corrected chi connectivity index (χ0v) is 14.1. The van der Waals surface area contributed by atoms with Gasteiger partial charge in [0, 0.05) is 17.8 Å². The van der Waals surface area contributed by atoms with Crippen LogP contribution in [0.2, 0.25) is 0 Å². The van der Waals surface area contributed by atoms with Gasteiger partial charge in [0.15, 0.2) is 0 Å². The van der Waals surface area contributed by atoms with E-state index in [-0.39, 0.29) is 5.41 Å². The number of nitrogens with zero attached hydrogens (tertiary/aromatic N) is 1. The number of fused-ring (bicyclic) bond motifs is 5. The molecule has 4 rings (SSSR count). The Morgan fingerprint density at radius 1 is 1.05 bits per heavy atom. The zero-order chi connectivity index (χ0) is 15.5. The fraction of sp³-hybridized carbons (Fsp3) is 0.900. The van der Waals surface area contributed by atoms with E-state index in [1.54, 1.807) is 0 Å². The van der Waals surface area contributed by atoms with Gasteiger partial charge >= 0.3 is 0 Å². The molecule has 0 heterocycles. The van der Waals surface area contributed by atoms with Crippen LogP contribution in [0.3, 0.4) is 0 Å². The predicted octanol–water partition coefficient (Wildman–Crippen LogP) is 4.74. The Kier molecular flexibility index (Phi) is 3.23. The molecule has 0 saturated heterocycles. The molecule has 4 aliphatic carbocycles. The molecule has 0 bridgehead atoms. The minimum atomic E-state index is 0.00815. The summed E-state index contributed by atoms with van der Waals surface area (Å²) in [4.78, 5) is 12.4. The molecule has 0 aromatic heterocycles. The summed E-state index contributed by atoms with van der Waals surface area (Å²) in [5.41, 5.74) is 0.456. The largest absolute Gasteiger partial charge is 0.299 e. The molecule has 0 amide bonds. The molecule has 2 nitrogen and oxygen atoms in total. The Bertz CT molecular complexity index is 534. The van der Waals surface area contributed by atoms with E-state index in [1.807, 2.05) is 0 Å². The smallest absolute Gasteiger partial charge is 0.139 e. The molecule has 4 aliphatic rings. The average Bonchev–Trinajstić information content (AvgIpc) is 2.82. The van der Waals surface area contributed by atoms with E-state index >= 15 is 0 Å². The molecule has 0 aromatic carbocycles. The number of rotatable bonds is 0. The standard InChI is InChI=1S/C20H29NO/c1-19-9-7-13(12-21)11-14(19)3-4-15-16-5-6-18(22)20(16,2)10-8-17(15)19/h13-17H,3-11H2,1-2H3/t13-,14-,15-,16-,17-,19-,20-/m0/s1. The van der Waals surface area contributed by atoms with Crippen LogP contribution in [0.25, 0.3) is 0 Å². The Balaban J connectivity index is 1.62. The van der Waals surface area contributed by atoms with E-state index in [0.717, 1.165) is 49.9 Å². The fourth-order valence-electron chi connectivity index (χ4n) is 7.15. The molecular formula is C20H29NO. The van der Waals surface area contributed by atoms with Crippen molar-refractivity contribution >= 4 is 5.78 Å². The molecule has 0 spiro atoms. The van der Waals surface area contributed by atoms with Crippen LogP contribution in [-0.4, -0.2) is 5.78 Å². The molecule has 4 saturated carbocycles. The number of ketones is 1. The van der Waals surface area contributed by atoms with E-state index < -0.39 is 0 Å². The van der Waals surface area contributed by atoms with Gasteiger partial charge in [0.25, 0.3) is 0 Å². The third-order valence-electron chi connectivity index (χ3n) is 8.56. The first-order chi connectivity index (χ1) is 10.5. The van der Waals surface area contributed by atoms with Crippen LogP contribution in [0.15, 0.2) is 0 Å². The van der Waals surface area contributed by atoms with E-state index in [4.69, 9.17) is 0 Å². The maximum Gasteiger partial charge on any atom is 0.139 e. The van der Waals surface area contributed by atoms with Gasteiger partial charge < -0.3 is 0 Å². The summed E-state index contributed by atoms with van der Waals surface area (Å²) in [5, 5.41) is 9.30. The molecule has 0 radical (unpaired) electrons. The van der Waals surface area contributed by atoms with Gasteiger partial charge in [0.1, 0.15) is 5.78 Å². The molecule has 7 atom stereocenters. The van der Waals surface area contributed by atoms with Gasteiger partial charge in [0.05, 0.1) is 6.07 Å². The van der Waals surface area contributed by atoms with E-state index in [0.29, 0.717) is 23.0 Å². The van der Waals surface area contributed by atoms with Crippen molar-refractivity contribution in [1.29, 1.82) is 5.26 Å². The van der Waals surface area contributed by atoms with Gasteiger partial charge in [-0.1, -0.05) is 13.8 Å². The Hall–Kier alpha value is -0.840. The summed E-state index contributed by atoms with van der Waals surface area (Å²) in [5.74, 6) is 3.87. The van der Waals surface area contributed by atoms with E-state index in [1.165, 1.54) is 25.7 Å². The van der Waals surface area contributed by atoms with Crippen LogP contribution in [0.5, 0.6) is 0 Å². The second kappa shape index (κ2) is 4.83. The second-order valence-electron chi connectivity index (χ2n) is 9.18. The van der Waals surface area contributed by atoms with Crippen LogP contribution in [-0.2, 0) is 4.79 Å². The van der Waals surface area contributed by atoms with Crippen molar-refractivity contribution in [3.8, 4) is 6.07 Å². The summed E-state index contributed by atoms with van der Waals surface area (Å²) in [6.45, 7) is 4.80. The second-order valence-corrected chi connectivity index (χ2v) is 9.18. The average molecular weight is 299 g/mol. The number of Topliss-reactive ketones (excluding diaryl/α,β-unsaturated/α-hetero) is 1. The lowest BCUT2D eigenvalue weighted by Gasteiger charge is -2.60. The molecule has 4 fully saturated rings. The molecule has 0 aromatic rings. The van der Waals surface area contributed by atoms with Gasteiger partial charge in [0.2, 0.25) is 0 Å². The van der Waals surface area contributed by atoms with Crippen LogP contribution >= 0.6 is 0 Å². The van der Waals surface area contributed by atoms with Gasteiger partial charge in [-0.05, 0) is 80.5 Å². The van der Waals surface area contributed by atoms with Gasteiger partial charge in [-0.15, -0.1) is 0 Å². The topological polar surface area (TPSA) is 40.9 Å². The van der Waals surface area contributed by atoms with Crippen molar-refractivity contribution in [2.75, 3.05) is 0 Å². The van der Waals surface area contributed by atoms with Crippen molar-refractivity contribution in [1.82, 2.24) is 0 Å². The summed E-state index contributed by atoms with van der Waals surface area (Å²) in [6, 6.07) is 2.53. The normalized spacial score (nSPS) is 54.0. The van der Waals surface area contributed by atoms with Crippen molar-refractivity contribution in [3.05, 3.63) is 0 Å². The van der Waals surface area contributed by atoms with Crippen molar-refractivity contribution < 1.29 is 4.79 Å². The minimum absolute atomic E-state index is 0.00815. The maximum atomic E-state index is 12.4. The van der Waals surface area contributed by atoms with E-state index in [2.05, 4.69) is 19.9 Å². The third-order valence-corrected chi connectivity index (χ3v) is 8.56. The lowest BCUT2D eigenvalue weighted by Crippen LogP contribution is -2.53. The quantitative estimate of drug-likeness (QED) is 0.648. The van der Waals surface area contributed by atoms with Crippen molar-refractivity contribution in [2.45, 2.75) is 71.6 Å². The molecule has 0 unspecified atom stereocenters. The Labute approximate surface area is 134 Å². The molecule has 22 heavy (non-hydrogen) atoms. The summed E-state index contributed by atoms with van der Waals surface area (Å²) in [6.07, 6.45) is 10.5. The molecule has 2 heteroatoms. The lowest BCUT2D eigenvalue weighted by atomic mass is 9.45. The molecule has 120 valence electrons. The first-order valence-electron chi connectivity index (χ1n) is 9.42. The number of carbonyl (C=O) groups excluding carboxylic acids is 1. The highest BCUT2D eigenvalue weighted by Gasteiger charge is 2.60. The predicted molar refractivity (Wildman–Crippen MR) is 85.8 cm³/mol. The zero-order valence-electron chi connectivity index (χ0n) is 14.1. The minimum Gasteiger partial charge on any atom is -0.299 e. The van der Waals surface area contributed by atoms with Crippen LogP contribution in [0, 0.1) is 51.8 Å². The number of hydrogen-bond donors (Lipinski definition) is 0. The molecule has 0 aliphatic heterocycles. The maximum absolute atomic E-state index is 12.4.